The molecule has 3 nitrogen and oxygen atoms in total. The summed E-state index contributed by atoms with van der Waals surface area (Å²) >= 11 is 11.3. The monoisotopic (exact) mass is 284 g/mol. The molecular formula is C13H17ClN2OS. The fraction of sp³-hybridized carbons (Fsp3) is 0.462. The summed E-state index contributed by atoms with van der Waals surface area (Å²) < 4.78 is 5.52. The van der Waals surface area contributed by atoms with Gasteiger partial charge in [-0.1, -0.05) is 17.7 Å². The summed E-state index contributed by atoms with van der Waals surface area (Å²) in [5.74, 6) is 0. The maximum atomic E-state index is 6.05. The highest BCUT2D eigenvalue weighted by atomic mass is 35.5. The van der Waals surface area contributed by atoms with Crippen molar-refractivity contribution in [2.24, 2.45) is 0 Å². The minimum Gasteiger partial charge on any atom is -0.376 e. The van der Waals surface area contributed by atoms with Gasteiger partial charge in [0.25, 0.3) is 0 Å². The van der Waals surface area contributed by atoms with Gasteiger partial charge in [-0.2, -0.15) is 0 Å². The zero-order valence-corrected chi connectivity index (χ0v) is 11.9. The van der Waals surface area contributed by atoms with E-state index in [1.165, 1.54) is 0 Å². The number of rotatable bonds is 3. The lowest BCUT2D eigenvalue weighted by Crippen LogP contribution is -2.34. The molecule has 1 aliphatic rings. The lowest BCUT2D eigenvalue weighted by molar-refractivity contribution is 0.114. The zero-order valence-electron chi connectivity index (χ0n) is 10.3. The van der Waals surface area contributed by atoms with E-state index < -0.39 is 0 Å². The standard InChI is InChI=1S/C13H17ClN2OS/c1-9-4-5-10(7-12(9)14)16-13(18)15-8-11-3-2-6-17-11/h4-5,7,11H,2-3,6,8H2,1H3,(H2,15,16,18)/t11-/m0/s1. The summed E-state index contributed by atoms with van der Waals surface area (Å²) in [5, 5.41) is 7.61. The Hall–Kier alpha value is -0.840. The molecule has 2 rings (SSSR count). The number of aryl methyl sites for hydroxylation is 1. The van der Waals surface area contributed by atoms with Crippen molar-refractivity contribution in [3.05, 3.63) is 28.8 Å². The first-order valence-corrected chi connectivity index (χ1v) is 6.86. The van der Waals surface area contributed by atoms with Gasteiger partial charge in [-0.3, -0.25) is 0 Å². The molecule has 1 atom stereocenters. The van der Waals surface area contributed by atoms with Crippen molar-refractivity contribution >= 4 is 34.6 Å². The summed E-state index contributed by atoms with van der Waals surface area (Å²) in [7, 11) is 0. The molecule has 1 aliphatic heterocycles. The molecule has 18 heavy (non-hydrogen) atoms. The smallest absolute Gasteiger partial charge is 0.170 e. The van der Waals surface area contributed by atoms with Crippen LogP contribution in [-0.2, 0) is 4.74 Å². The van der Waals surface area contributed by atoms with Gasteiger partial charge in [0.15, 0.2) is 5.11 Å². The molecule has 0 saturated carbocycles. The van der Waals surface area contributed by atoms with Crippen LogP contribution in [0.4, 0.5) is 5.69 Å². The largest absolute Gasteiger partial charge is 0.376 e. The van der Waals surface area contributed by atoms with Crippen LogP contribution in [0.15, 0.2) is 18.2 Å². The SMILES string of the molecule is Cc1ccc(NC(=S)NC[C@@H]2CCCO2)cc1Cl. The van der Waals surface area contributed by atoms with Crippen molar-refractivity contribution in [3.8, 4) is 0 Å². The van der Waals surface area contributed by atoms with Crippen LogP contribution in [0, 0.1) is 6.92 Å². The van der Waals surface area contributed by atoms with Crippen LogP contribution in [0.25, 0.3) is 0 Å². The number of ether oxygens (including phenoxy) is 1. The van der Waals surface area contributed by atoms with Crippen molar-refractivity contribution in [2.45, 2.75) is 25.9 Å². The molecule has 0 aliphatic carbocycles. The molecule has 0 aromatic heterocycles. The predicted molar refractivity (Wildman–Crippen MR) is 79.4 cm³/mol. The maximum absolute atomic E-state index is 6.05. The number of halogens is 1. The van der Waals surface area contributed by atoms with Gasteiger partial charge in [0.05, 0.1) is 6.10 Å². The van der Waals surface area contributed by atoms with Gasteiger partial charge in [0, 0.05) is 23.9 Å². The molecule has 0 spiro atoms. The van der Waals surface area contributed by atoms with Gasteiger partial charge in [0.2, 0.25) is 0 Å². The molecule has 1 saturated heterocycles. The van der Waals surface area contributed by atoms with E-state index in [1.807, 2.05) is 25.1 Å². The van der Waals surface area contributed by atoms with Gasteiger partial charge >= 0.3 is 0 Å². The number of benzene rings is 1. The van der Waals surface area contributed by atoms with E-state index in [0.717, 1.165) is 42.3 Å². The zero-order chi connectivity index (χ0) is 13.0. The Kier molecular flexibility index (Phi) is 4.80. The molecule has 0 unspecified atom stereocenters. The Morgan fingerprint density at radius 1 is 1.56 bits per heavy atom. The summed E-state index contributed by atoms with van der Waals surface area (Å²) in [5.41, 5.74) is 1.95. The summed E-state index contributed by atoms with van der Waals surface area (Å²) in [4.78, 5) is 0. The highest BCUT2D eigenvalue weighted by Gasteiger charge is 2.15. The average Bonchev–Trinajstić information content (AvgIpc) is 2.84. The number of hydrogen-bond donors (Lipinski definition) is 2. The average molecular weight is 285 g/mol. The van der Waals surface area contributed by atoms with E-state index in [-0.39, 0.29) is 6.10 Å². The first-order valence-electron chi connectivity index (χ1n) is 6.08. The Morgan fingerprint density at radius 2 is 2.39 bits per heavy atom. The summed E-state index contributed by atoms with van der Waals surface area (Å²) in [6.07, 6.45) is 2.53. The van der Waals surface area contributed by atoms with Gasteiger partial charge in [-0.15, -0.1) is 0 Å². The van der Waals surface area contributed by atoms with Crippen molar-refractivity contribution in [3.63, 3.8) is 0 Å². The third-order valence-corrected chi connectivity index (χ3v) is 3.60. The molecule has 1 fully saturated rings. The third kappa shape index (κ3) is 3.83. The number of hydrogen-bond acceptors (Lipinski definition) is 2. The van der Waals surface area contributed by atoms with Crippen LogP contribution in [0.2, 0.25) is 5.02 Å². The summed E-state index contributed by atoms with van der Waals surface area (Å²) in [6.45, 7) is 3.59. The predicted octanol–water partition coefficient (Wildman–Crippen LogP) is 3.11. The molecular weight excluding hydrogens is 268 g/mol. The molecule has 1 heterocycles. The number of anilines is 1. The van der Waals surface area contributed by atoms with Crippen LogP contribution < -0.4 is 10.6 Å². The molecule has 2 N–H and O–H groups in total. The first kappa shape index (κ1) is 13.6. The Balaban J connectivity index is 1.80. The van der Waals surface area contributed by atoms with Gasteiger partial charge in [-0.25, -0.2) is 0 Å². The second-order valence-electron chi connectivity index (χ2n) is 4.43. The fourth-order valence-corrected chi connectivity index (χ4v) is 2.24. The van der Waals surface area contributed by atoms with Gasteiger partial charge < -0.3 is 15.4 Å². The molecule has 1 aromatic carbocycles. The van der Waals surface area contributed by atoms with E-state index >= 15 is 0 Å². The normalized spacial score (nSPS) is 18.7. The van der Waals surface area contributed by atoms with Crippen LogP contribution >= 0.6 is 23.8 Å². The number of thiocarbonyl (C=S) groups is 1. The van der Waals surface area contributed by atoms with E-state index in [9.17, 15) is 0 Å². The van der Waals surface area contributed by atoms with Crippen LogP contribution in [0.3, 0.4) is 0 Å². The van der Waals surface area contributed by atoms with Crippen LogP contribution in [0.1, 0.15) is 18.4 Å². The van der Waals surface area contributed by atoms with E-state index in [0.29, 0.717) is 5.11 Å². The van der Waals surface area contributed by atoms with Crippen molar-refractivity contribution in [2.75, 3.05) is 18.5 Å². The topological polar surface area (TPSA) is 33.3 Å². The van der Waals surface area contributed by atoms with Crippen LogP contribution in [0.5, 0.6) is 0 Å². The fourth-order valence-electron chi connectivity index (χ4n) is 1.86. The van der Waals surface area contributed by atoms with Crippen molar-refractivity contribution in [1.29, 1.82) is 0 Å². The van der Waals surface area contributed by atoms with E-state index in [1.54, 1.807) is 0 Å². The second-order valence-corrected chi connectivity index (χ2v) is 5.25. The highest BCUT2D eigenvalue weighted by molar-refractivity contribution is 7.80. The van der Waals surface area contributed by atoms with Crippen LogP contribution in [-0.4, -0.2) is 24.4 Å². The Labute approximate surface area is 118 Å². The minimum absolute atomic E-state index is 0.284. The van der Waals surface area contributed by atoms with Gasteiger partial charge in [-0.05, 0) is 49.7 Å². The van der Waals surface area contributed by atoms with Gasteiger partial charge in [0.1, 0.15) is 0 Å². The minimum atomic E-state index is 0.284. The third-order valence-electron chi connectivity index (χ3n) is 2.94. The Bertz CT molecular complexity index is 433. The first-order chi connectivity index (χ1) is 8.65. The Morgan fingerprint density at radius 3 is 3.06 bits per heavy atom. The quantitative estimate of drug-likeness (QED) is 0.836. The summed E-state index contributed by atoms with van der Waals surface area (Å²) in [6, 6.07) is 5.80. The highest BCUT2D eigenvalue weighted by Crippen LogP contribution is 2.19. The van der Waals surface area contributed by atoms with E-state index in [2.05, 4.69) is 10.6 Å². The van der Waals surface area contributed by atoms with Crippen molar-refractivity contribution < 1.29 is 4.74 Å². The molecule has 0 amide bonds. The second kappa shape index (κ2) is 6.36. The molecule has 5 heteroatoms. The molecule has 0 bridgehead atoms. The molecule has 0 radical (unpaired) electrons. The number of nitrogens with one attached hydrogen (secondary N) is 2. The lowest BCUT2D eigenvalue weighted by Gasteiger charge is -2.14. The van der Waals surface area contributed by atoms with Crippen molar-refractivity contribution in [1.82, 2.24) is 5.32 Å². The maximum Gasteiger partial charge on any atom is 0.170 e. The van der Waals surface area contributed by atoms with E-state index in [4.69, 9.17) is 28.6 Å². The molecule has 1 aromatic rings. The molecule has 98 valence electrons. The lowest BCUT2D eigenvalue weighted by atomic mass is 10.2.